The van der Waals surface area contributed by atoms with Gasteiger partial charge in [-0.15, -0.1) is 0 Å². The average molecular weight is 338 g/mol. The number of alkyl halides is 1. The maximum Gasteiger partial charge on any atom is 0.0682 e. The van der Waals surface area contributed by atoms with Crippen molar-refractivity contribution in [3.05, 3.63) is 0 Å². The van der Waals surface area contributed by atoms with Crippen LogP contribution >= 0.6 is 22.6 Å². The summed E-state index contributed by atoms with van der Waals surface area (Å²) in [7, 11) is 2.24. The van der Waals surface area contributed by atoms with Gasteiger partial charge in [0.1, 0.15) is 0 Å². The van der Waals surface area contributed by atoms with Gasteiger partial charge in [-0.05, 0) is 46.1 Å². The summed E-state index contributed by atoms with van der Waals surface area (Å²) >= 11 is 2.56. The maximum absolute atomic E-state index is 3.67. The van der Waals surface area contributed by atoms with E-state index in [1.807, 2.05) is 0 Å². The molecular weight excluding hydrogens is 311 g/mol. The van der Waals surface area contributed by atoms with E-state index in [9.17, 15) is 0 Å². The second-order valence-electron chi connectivity index (χ2n) is 6.88. The second-order valence-corrected chi connectivity index (χ2v) is 9.26. The van der Waals surface area contributed by atoms with Gasteiger partial charge in [0.05, 0.1) is 3.55 Å². The summed E-state index contributed by atoms with van der Waals surface area (Å²) in [5.41, 5.74) is 0.674. The van der Waals surface area contributed by atoms with Crippen LogP contribution in [0.3, 0.4) is 0 Å². The van der Waals surface area contributed by atoms with Gasteiger partial charge in [0.25, 0.3) is 0 Å². The summed E-state index contributed by atoms with van der Waals surface area (Å²) < 4.78 is 0.225. The fourth-order valence-corrected chi connectivity index (χ4v) is 4.42. The third kappa shape index (κ3) is 4.15. The molecule has 1 aliphatic rings. The van der Waals surface area contributed by atoms with E-state index >= 15 is 0 Å². The Morgan fingerprint density at radius 2 is 1.62 bits per heavy atom. The molecule has 0 aliphatic carbocycles. The lowest BCUT2D eigenvalue weighted by Crippen LogP contribution is -2.45. The number of hydrogen-bond acceptors (Lipinski definition) is 2. The van der Waals surface area contributed by atoms with Crippen LogP contribution in [0.5, 0.6) is 0 Å². The van der Waals surface area contributed by atoms with Gasteiger partial charge in [0, 0.05) is 18.6 Å². The van der Waals surface area contributed by atoms with Gasteiger partial charge in [-0.1, -0.05) is 36.4 Å². The van der Waals surface area contributed by atoms with E-state index in [0.717, 1.165) is 13.1 Å². The molecule has 3 heteroatoms. The first-order valence-corrected chi connectivity index (χ1v) is 7.27. The van der Waals surface area contributed by atoms with Crippen LogP contribution in [0.2, 0.25) is 0 Å². The Kier molecular flexibility index (Phi) is 4.35. The molecule has 0 aromatic heterocycles. The predicted octanol–water partition coefficient (Wildman–Crippen LogP) is 3.26. The molecule has 0 saturated carbocycles. The molecule has 1 N–H and O–H groups in total. The quantitative estimate of drug-likeness (QED) is 0.414. The summed E-state index contributed by atoms with van der Waals surface area (Å²) in [4.78, 5) is 2.49. The highest BCUT2D eigenvalue weighted by Crippen LogP contribution is 2.40. The molecule has 2 nitrogen and oxygen atoms in total. The minimum atomic E-state index is 0.225. The first-order valence-electron chi connectivity index (χ1n) is 6.19. The smallest absolute Gasteiger partial charge is 0.0682 e. The summed E-state index contributed by atoms with van der Waals surface area (Å²) in [6.45, 7) is 14.0. The van der Waals surface area contributed by atoms with Crippen molar-refractivity contribution in [2.24, 2.45) is 5.41 Å². The summed E-state index contributed by atoms with van der Waals surface area (Å²) in [5.74, 6) is 0. The van der Waals surface area contributed by atoms with Gasteiger partial charge in [-0.25, -0.2) is 0 Å². The Balaban J connectivity index is 2.89. The van der Waals surface area contributed by atoms with Crippen molar-refractivity contribution in [2.45, 2.75) is 56.5 Å². The largest absolute Gasteiger partial charge is 0.302 e. The molecule has 0 amide bonds. The van der Waals surface area contributed by atoms with Crippen molar-refractivity contribution < 1.29 is 0 Å². The fraction of sp³-hybridized carbons (Fsp3) is 1.00. The van der Waals surface area contributed by atoms with Crippen LogP contribution in [0.25, 0.3) is 0 Å². The van der Waals surface area contributed by atoms with E-state index < -0.39 is 0 Å². The Labute approximate surface area is 115 Å². The minimum Gasteiger partial charge on any atom is -0.302 e. The van der Waals surface area contributed by atoms with E-state index in [0.29, 0.717) is 11.0 Å². The van der Waals surface area contributed by atoms with Gasteiger partial charge in [-0.2, -0.15) is 0 Å². The molecule has 0 bridgehead atoms. The van der Waals surface area contributed by atoms with Crippen molar-refractivity contribution in [1.82, 2.24) is 10.2 Å². The zero-order valence-electron chi connectivity index (χ0n) is 11.7. The molecule has 1 saturated heterocycles. The third-order valence-corrected chi connectivity index (χ3v) is 4.46. The topological polar surface area (TPSA) is 15.3 Å². The number of nitrogens with one attached hydrogen (secondary N) is 1. The normalized spacial score (nSPS) is 36.2. The molecule has 1 aliphatic heterocycles. The highest BCUT2D eigenvalue weighted by Gasteiger charge is 2.37. The number of hydrogen-bond donors (Lipinski definition) is 1. The minimum absolute atomic E-state index is 0.225. The standard InChI is InChI=1S/C13H27IN2/c1-11(2)9-12(3,4)16(6)8-7-15-13(5,14)10-11/h15H,7-10H2,1-6H3. The van der Waals surface area contributed by atoms with E-state index in [4.69, 9.17) is 0 Å². The summed E-state index contributed by atoms with van der Waals surface area (Å²) in [6, 6.07) is 0. The van der Waals surface area contributed by atoms with Crippen LogP contribution in [-0.4, -0.2) is 34.1 Å². The van der Waals surface area contributed by atoms with E-state index in [2.05, 4.69) is 74.5 Å². The monoisotopic (exact) mass is 338 g/mol. The molecule has 1 fully saturated rings. The lowest BCUT2D eigenvalue weighted by Gasteiger charge is -2.41. The number of halogens is 1. The molecule has 1 atom stereocenters. The Morgan fingerprint density at radius 1 is 1.06 bits per heavy atom. The SMILES string of the molecule is CN1CCNC(C)(I)CC(C)(C)CC1(C)C. The van der Waals surface area contributed by atoms with Crippen molar-refractivity contribution >= 4 is 22.6 Å². The predicted molar refractivity (Wildman–Crippen MR) is 80.2 cm³/mol. The molecule has 1 rings (SSSR count). The third-order valence-electron chi connectivity index (χ3n) is 3.70. The van der Waals surface area contributed by atoms with Gasteiger partial charge in [-0.3, -0.25) is 4.90 Å². The molecule has 0 radical (unpaired) electrons. The first-order chi connectivity index (χ1) is 7.04. The lowest BCUT2D eigenvalue weighted by molar-refractivity contribution is 0.100. The number of nitrogens with zero attached hydrogens (tertiary/aromatic N) is 1. The molecule has 16 heavy (non-hydrogen) atoms. The first kappa shape index (κ1) is 14.7. The lowest BCUT2D eigenvalue weighted by atomic mass is 9.76. The van der Waals surface area contributed by atoms with Gasteiger partial charge >= 0.3 is 0 Å². The average Bonchev–Trinajstić information content (AvgIpc) is 1.98. The molecular formula is C13H27IN2. The van der Waals surface area contributed by atoms with Crippen LogP contribution < -0.4 is 5.32 Å². The highest BCUT2D eigenvalue weighted by molar-refractivity contribution is 14.1. The molecule has 0 aromatic carbocycles. The van der Waals surface area contributed by atoms with Gasteiger partial charge < -0.3 is 5.32 Å². The molecule has 1 heterocycles. The summed E-state index contributed by atoms with van der Waals surface area (Å²) in [6.07, 6.45) is 2.47. The highest BCUT2D eigenvalue weighted by atomic mass is 127. The van der Waals surface area contributed by atoms with Crippen molar-refractivity contribution in [2.75, 3.05) is 20.1 Å². The van der Waals surface area contributed by atoms with Crippen molar-refractivity contribution in [3.8, 4) is 0 Å². The van der Waals surface area contributed by atoms with Crippen LogP contribution in [-0.2, 0) is 0 Å². The van der Waals surface area contributed by atoms with Crippen LogP contribution in [0.1, 0.15) is 47.5 Å². The maximum atomic E-state index is 3.67. The van der Waals surface area contributed by atoms with E-state index in [1.165, 1.54) is 12.8 Å². The number of rotatable bonds is 0. The molecule has 0 aromatic rings. The van der Waals surface area contributed by atoms with Crippen molar-refractivity contribution in [1.29, 1.82) is 0 Å². The zero-order chi connectivity index (χ0) is 12.6. The van der Waals surface area contributed by atoms with Gasteiger partial charge in [0.2, 0.25) is 0 Å². The molecule has 96 valence electrons. The van der Waals surface area contributed by atoms with Crippen LogP contribution in [0.4, 0.5) is 0 Å². The van der Waals surface area contributed by atoms with Crippen LogP contribution in [0, 0.1) is 5.41 Å². The fourth-order valence-electron chi connectivity index (χ4n) is 3.12. The van der Waals surface area contributed by atoms with E-state index in [1.54, 1.807) is 0 Å². The Hall–Kier alpha value is 0.650. The summed E-state index contributed by atoms with van der Waals surface area (Å²) in [5, 5.41) is 3.67. The zero-order valence-corrected chi connectivity index (χ0v) is 13.8. The van der Waals surface area contributed by atoms with Gasteiger partial charge in [0.15, 0.2) is 0 Å². The Bertz CT molecular complexity index is 246. The number of likely N-dealkylation sites (N-methyl/N-ethyl adjacent to an activating group) is 1. The van der Waals surface area contributed by atoms with E-state index in [-0.39, 0.29) is 3.55 Å². The second kappa shape index (κ2) is 4.73. The molecule has 0 spiro atoms. The molecule has 1 unspecified atom stereocenters. The van der Waals surface area contributed by atoms with Crippen molar-refractivity contribution in [3.63, 3.8) is 0 Å². The Morgan fingerprint density at radius 3 is 2.19 bits per heavy atom. The van der Waals surface area contributed by atoms with Crippen LogP contribution in [0.15, 0.2) is 0 Å².